The predicted octanol–water partition coefficient (Wildman–Crippen LogP) is -0.359. The lowest BCUT2D eigenvalue weighted by atomic mass is 9.97. The van der Waals surface area contributed by atoms with Gasteiger partial charge in [0.1, 0.15) is 0 Å². The number of rotatable bonds is 1. The average molecular weight is 164 g/mol. The first-order chi connectivity index (χ1) is 6.17. The Morgan fingerprint density at radius 3 is 2.64 bits per heavy atom. The van der Waals surface area contributed by atoms with E-state index in [0.29, 0.717) is 4.90 Å². The fraction of sp³-hybridized carbons (Fsp3) is 0.667. The summed E-state index contributed by atoms with van der Waals surface area (Å²) in [6.45, 7) is -4.22. The van der Waals surface area contributed by atoms with Gasteiger partial charge in [-0.25, -0.2) is 9.18 Å². The molecule has 0 saturated carbocycles. The zero-order valence-corrected chi connectivity index (χ0v) is 5.50. The van der Waals surface area contributed by atoms with Crippen LogP contribution in [0, 0.1) is 0 Å². The average Bonchev–Trinajstić information content (AvgIpc) is 1.95. The Kier molecular flexibility index (Phi) is 0.930. The molecule has 1 heterocycles. The highest BCUT2D eigenvalue weighted by atomic mass is 19.1. The Labute approximate surface area is 66.8 Å². The van der Waals surface area contributed by atoms with E-state index >= 15 is 0 Å². The summed E-state index contributed by atoms with van der Waals surface area (Å²) < 4.78 is 33.2. The van der Waals surface area contributed by atoms with Crippen molar-refractivity contribution in [3.63, 3.8) is 0 Å². The van der Waals surface area contributed by atoms with Crippen LogP contribution in [0.4, 0.5) is 4.39 Å². The van der Waals surface area contributed by atoms with E-state index in [1.807, 2.05) is 0 Å². The first-order valence-electron chi connectivity index (χ1n) is 4.38. The molecule has 1 rings (SSSR count). The minimum atomic E-state index is -2.83. The molecule has 4 nitrogen and oxygen atoms in total. The van der Waals surface area contributed by atoms with E-state index < -0.39 is 37.5 Å². The van der Waals surface area contributed by atoms with Gasteiger partial charge in [-0.2, -0.15) is 0 Å². The molecule has 1 saturated heterocycles. The van der Waals surface area contributed by atoms with Gasteiger partial charge in [0.05, 0.1) is 13.1 Å². The van der Waals surface area contributed by atoms with Crippen molar-refractivity contribution in [1.29, 1.82) is 0 Å². The lowest BCUT2D eigenvalue weighted by molar-refractivity contribution is -0.168. The van der Waals surface area contributed by atoms with Gasteiger partial charge >= 0.3 is 5.97 Å². The molecule has 1 fully saturated rings. The molecular formula is C6H8FNO3. The number of carboxylic acids is 1. The molecule has 0 aromatic rings. The van der Waals surface area contributed by atoms with Gasteiger partial charge in [-0.3, -0.25) is 4.79 Å². The summed E-state index contributed by atoms with van der Waals surface area (Å²) in [7, 11) is 0. The Bertz CT molecular complexity index is 285. The van der Waals surface area contributed by atoms with Crippen LogP contribution in [-0.2, 0) is 9.59 Å². The molecule has 0 spiro atoms. The largest absolute Gasteiger partial charge is 0.479 e. The van der Waals surface area contributed by atoms with Crippen molar-refractivity contribution < 1.29 is 23.2 Å². The van der Waals surface area contributed by atoms with E-state index in [9.17, 15) is 14.0 Å². The third-order valence-corrected chi connectivity index (χ3v) is 1.55. The molecule has 1 aliphatic heterocycles. The molecule has 0 aromatic carbocycles. The Morgan fingerprint density at radius 1 is 1.73 bits per heavy atom. The first kappa shape index (κ1) is 4.69. The molecule has 0 unspecified atom stereocenters. The molecule has 0 aromatic heterocycles. The number of hydrogen-bond donors (Lipinski definition) is 1. The van der Waals surface area contributed by atoms with Crippen LogP contribution in [0.3, 0.4) is 0 Å². The third kappa shape index (κ3) is 1.18. The summed E-state index contributed by atoms with van der Waals surface area (Å²) in [6.07, 6.45) is 0. The van der Waals surface area contributed by atoms with E-state index in [0.717, 1.165) is 0 Å². The Balaban J connectivity index is 2.58. The molecule has 1 amide bonds. The topological polar surface area (TPSA) is 57.6 Å². The van der Waals surface area contributed by atoms with E-state index in [2.05, 4.69) is 0 Å². The molecule has 5 heteroatoms. The van der Waals surface area contributed by atoms with E-state index in [1.54, 1.807) is 0 Å². The van der Waals surface area contributed by atoms with Gasteiger partial charge in [0.15, 0.2) is 0 Å². The monoisotopic (exact) mass is 164 g/mol. The number of carbonyl (C=O) groups is 2. The van der Waals surface area contributed by atoms with Crippen LogP contribution in [0.2, 0.25) is 0 Å². The summed E-state index contributed by atoms with van der Waals surface area (Å²) in [5.41, 5.74) is -2.49. The van der Waals surface area contributed by atoms with Gasteiger partial charge in [-0.15, -0.1) is 0 Å². The number of likely N-dealkylation sites (tertiary alicyclic amines) is 1. The number of nitrogens with zero attached hydrogens (tertiary/aromatic N) is 1. The summed E-state index contributed by atoms with van der Waals surface area (Å²) in [4.78, 5) is 21.9. The quantitative estimate of drug-likeness (QED) is 0.575. The van der Waals surface area contributed by atoms with Gasteiger partial charge in [-0.1, -0.05) is 0 Å². The van der Waals surface area contributed by atoms with Crippen molar-refractivity contribution in [3.05, 3.63) is 0 Å². The van der Waals surface area contributed by atoms with Gasteiger partial charge in [0, 0.05) is 11.0 Å². The van der Waals surface area contributed by atoms with Crippen LogP contribution in [0.15, 0.2) is 0 Å². The molecule has 1 aliphatic rings. The number of alkyl halides is 1. The van der Waals surface area contributed by atoms with Crippen LogP contribution in [0.5, 0.6) is 0 Å². The fourth-order valence-electron chi connectivity index (χ4n) is 0.838. The van der Waals surface area contributed by atoms with Crippen molar-refractivity contribution in [1.82, 2.24) is 4.90 Å². The van der Waals surface area contributed by atoms with Gasteiger partial charge in [-0.05, 0) is 0 Å². The zero-order chi connectivity index (χ0) is 11.1. The Hall–Kier alpha value is -1.13. The molecular weight excluding hydrogens is 153 g/mol. The molecule has 0 aliphatic carbocycles. The minimum absolute atomic E-state index is 0.668. The van der Waals surface area contributed by atoms with Crippen LogP contribution in [0.1, 0.15) is 11.0 Å². The van der Waals surface area contributed by atoms with Gasteiger partial charge in [0.25, 0.3) is 0 Å². The molecule has 11 heavy (non-hydrogen) atoms. The normalized spacial score (nSPS) is 25.9. The number of amides is 1. The smallest absolute Gasteiger partial charge is 0.345 e. The SMILES string of the molecule is [2H]C([2H])([2H])C(=O)N1CC(F)(C(=O)O)C1. The van der Waals surface area contributed by atoms with Crippen molar-refractivity contribution >= 4 is 11.9 Å². The zero-order valence-electron chi connectivity index (χ0n) is 8.50. The summed E-state index contributed by atoms with van der Waals surface area (Å²) in [5.74, 6) is -2.89. The highest BCUT2D eigenvalue weighted by Crippen LogP contribution is 2.25. The summed E-state index contributed by atoms with van der Waals surface area (Å²) in [5, 5.41) is 8.34. The molecule has 1 N–H and O–H groups in total. The standard InChI is InChI=1S/C6H8FNO3/c1-4(9)8-2-6(7,3-8)5(10)11/h2-3H2,1H3,(H,10,11)/i1D3. The number of carboxylic acid groups (broad SMARTS) is 1. The number of halogens is 1. The highest BCUT2D eigenvalue weighted by Gasteiger charge is 2.51. The minimum Gasteiger partial charge on any atom is -0.479 e. The van der Waals surface area contributed by atoms with Crippen molar-refractivity contribution in [3.8, 4) is 0 Å². The molecule has 0 atom stereocenters. The third-order valence-electron chi connectivity index (χ3n) is 1.55. The molecule has 0 bridgehead atoms. The summed E-state index contributed by atoms with van der Waals surface area (Å²) in [6, 6.07) is 0. The second-order valence-electron chi connectivity index (χ2n) is 2.43. The van der Waals surface area contributed by atoms with Crippen molar-refractivity contribution in [2.75, 3.05) is 13.1 Å². The second-order valence-corrected chi connectivity index (χ2v) is 2.43. The van der Waals surface area contributed by atoms with Crippen LogP contribution >= 0.6 is 0 Å². The first-order valence-corrected chi connectivity index (χ1v) is 2.88. The van der Waals surface area contributed by atoms with Gasteiger partial charge < -0.3 is 10.0 Å². The summed E-state index contributed by atoms with van der Waals surface area (Å²) >= 11 is 0. The van der Waals surface area contributed by atoms with Crippen LogP contribution in [0.25, 0.3) is 0 Å². The van der Waals surface area contributed by atoms with Gasteiger partial charge in [0.2, 0.25) is 11.6 Å². The second kappa shape index (κ2) is 2.18. The molecule has 0 radical (unpaired) electrons. The van der Waals surface area contributed by atoms with Crippen molar-refractivity contribution in [2.24, 2.45) is 0 Å². The molecule has 62 valence electrons. The number of hydrogen-bond acceptors (Lipinski definition) is 2. The van der Waals surface area contributed by atoms with Crippen LogP contribution in [-0.4, -0.2) is 40.6 Å². The fourth-order valence-corrected chi connectivity index (χ4v) is 0.838. The van der Waals surface area contributed by atoms with E-state index in [1.165, 1.54) is 0 Å². The van der Waals surface area contributed by atoms with Crippen LogP contribution < -0.4 is 0 Å². The number of aliphatic carboxylic acids is 1. The van der Waals surface area contributed by atoms with E-state index in [4.69, 9.17) is 9.22 Å². The van der Waals surface area contributed by atoms with Crippen molar-refractivity contribution in [2.45, 2.75) is 12.5 Å². The maximum Gasteiger partial charge on any atom is 0.345 e. The number of carbonyl (C=O) groups excluding carboxylic acids is 1. The lowest BCUT2D eigenvalue weighted by Crippen LogP contribution is -2.64. The maximum atomic E-state index is 13.1. The predicted molar refractivity (Wildman–Crippen MR) is 33.7 cm³/mol. The maximum absolute atomic E-state index is 13.1. The van der Waals surface area contributed by atoms with E-state index in [-0.39, 0.29) is 0 Å². The Morgan fingerprint density at radius 2 is 2.27 bits per heavy atom. The highest BCUT2D eigenvalue weighted by molar-refractivity contribution is 5.84. The lowest BCUT2D eigenvalue weighted by Gasteiger charge is -2.40.